The Morgan fingerprint density at radius 2 is 2.13 bits per heavy atom. The van der Waals surface area contributed by atoms with Crippen LogP contribution in [0.3, 0.4) is 0 Å². The number of aromatic nitrogens is 2. The molecule has 8 nitrogen and oxygen atoms in total. The quantitative estimate of drug-likeness (QED) is 0.559. The fraction of sp³-hybridized carbons (Fsp3) is 0.318. The average Bonchev–Trinajstić information content (AvgIpc) is 2.75. The predicted octanol–water partition coefficient (Wildman–Crippen LogP) is 1.65. The summed E-state index contributed by atoms with van der Waals surface area (Å²) in [6.07, 6.45) is 2.94. The van der Waals surface area contributed by atoms with Crippen molar-refractivity contribution < 1.29 is 18.7 Å². The van der Waals surface area contributed by atoms with Crippen LogP contribution in [0, 0.1) is 11.8 Å². The summed E-state index contributed by atoms with van der Waals surface area (Å²) in [6, 6.07) is 7.35. The fourth-order valence-corrected chi connectivity index (χ4v) is 3.11. The molecule has 3 rings (SSSR count). The minimum Gasteiger partial charge on any atom is -0.463 e. The van der Waals surface area contributed by atoms with Crippen LogP contribution in [0.4, 0.5) is 4.39 Å². The number of hydrogen-bond donors (Lipinski definition) is 1. The Bertz CT molecular complexity index is 1070. The molecule has 0 saturated heterocycles. The lowest BCUT2D eigenvalue weighted by Gasteiger charge is -2.33. The SMILES string of the molecule is CN1C(=O)CC(C)(c2cccc(CC(=O)c3cnc(OCC#CCF)cn3)c2)N=C1N. The van der Waals surface area contributed by atoms with Gasteiger partial charge in [-0.1, -0.05) is 36.1 Å². The number of halogens is 1. The molecular formula is C22H22FN5O3. The van der Waals surface area contributed by atoms with E-state index in [2.05, 4.69) is 26.8 Å². The van der Waals surface area contributed by atoms with E-state index in [4.69, 9.17) is 10.5 Å². The third-order valence-corrected chi connectivity index (χ3v) is 4.89. The molecule has 9 heteroatoms. The summed E-state index contributed by atoms with van der Waals surface area (Å²) in [7, 11) is 1.59. The number of aliphatic imine (C=N–C) groups is 1. The summed E-state index contributed by atoms with van der Waals surface area (Å²) >= 11 is 0. The molecule has 0 fully saturated rings. The minimum atomic E-state index is -0.795. The van der Waals surface area contributed by atoms with Gasteiger partial charge < -0.3 is 10.5 Å². The molecule has 2 N–H and O–H groups in total. The molecule has 31 heavy (non-hydrogen) atoms. The van der Waals surface area contributed by atoms with Crippen LogP contribution in [0.15, 0.2) is 41.7 Å². The number of ketones is 1. The highest BCUT2D eigenvalue weighted by Crippen LogP contribution is 2.33. The van der Waals surface area contributed by atoms with Gasteiger partial charge in [0, 0.05) is 13.5 Å². The molecule has 0 aliphatic carbocycles. The van der Waals surface area contributed by atoms with Crippen molar-refractivity contribution in [1.82, 2.24) is 14.9 Å². The number of benzene rings is 1. The Kier molecular flexibility index (Phi) is 6.60. The van der Waals surface area contributed by atoms with Crippen LogP contribution < -0.4 is 10.5 Å². The fourth-order valence-electron chi connectivity index (χ4n) is 3.11. The van der Waals surface area contributed by atoms with Crippen LogP contribution in [-0.4, -0.2) is 52.8 Å². The van der Waals surface area contributed by atoms with E-state index >= 15 is 0 Å². The van der Waals surface area contributed by atoms with Crippen molar-refractivity contribution in [2.75, 3.05) is 20.3 Å². The zero-order valence-corrected chi connectivity index (χ0v) is 17.3. The van der Waals surface area contributed by atoms with Gasteiger partial charge in [-0.05, 0) is 18.1 Å². The number of nitrogens with two attached hydrogens (primary N) is 1. The summed E-state index contributed by atoms with van der Waals surface area (Å²) < 4.78 is 17.1. The lowest BCUT2D eigenvalue weighted by molar-refractivity contribution is -0.128. The number of rotatable bonds is 6. The van der Waals surface area contributed by atoms with E-state index in [1.165, 1.54) is 17.3 Å². The number of ether oxygens (including phenoxy) is 1. The second-order valence-corrected chi connectivity index (χ2v) is 7.19. The molecule has 2 aromatic rings. The normalized spacial score (nSPS) is 18.1. The molecule has 1 aromatic heterocycles. The third-order valence-electron chi connectivity index (χ3n) is 4.89. The topological polar surface area (TPSA) is 111 Å². The van der Waals surface area contributed by atoms with E-state index in [1.54, 1.807) is 7.05 Å². The first-order valence-corrected chi connectivity index (χ1v) is 9.53. The van der Waals surface area contributed by atoms with Gasteiger partial charge in [0.15, 0.2) is 18.3 Å². The number of carbonyl (C=O) groups excluding carboxylic acids is 2. The second kappa shape index (κ2) is 9.34. The molecule has 0 saturated carbocycles. The van der Waals surface area contributed by atoms with Gasteiger partial charge >= 0.3 is 0 Å². The number of alkyl halides is 1. The van der Waals surface area contributed by atoms with Crippen molar-refractivity contribution in [3.05, 3.63) is 53.5 Å². The van der Waals surface area contributed by atoms with Crippen molar-refractivity contribution in [2.24, 2.45) is 10.7 Å². The Balaban J connectivity index is 1.71. The Labute approximate surface area is 179 Å². The van der Waals surface area contributed by atoms with Crippen LogP contribution in [-0.2, 0) is 16.8 Å². The number of hydrogen-bond acceptors (Lipinski definition) is 7. The molecule has 1 atom stereocenters. The molecule has 1 aromatic carbocycles. The number of Topliss-reactive ketones (excluding diaryl/α,β-unsaturated/α-hetero) is 1. The van der Waals surface area contributed by atoms with E-state index in [-0.39, 0.29) is 48.7 Å². The smallest absolute Gasteiger partial charge is 0.233 e. The highest BCUT2D eigenvalue weighted by molar-refractivity contribution is 5.99. The number of guanidine groups is 1. The molecule has 0 bridgehead atoms. The second-order valence-electron chi connectivity index (χ2n) is 7.19. The number of carbonyl (C=O) groups is 2. The Morgan fingerprint density at radius 1 is 1.32 bits per heavy atom. The van der Waals surface area contributed by atoms with Gasteiger partial charge in [-0.15, -0.1) is 0 Å². The summed E-state index contributed by atoms with van der Waals surface area (Å²) in [5, 5.41) is 0. The van der Waals surface area contributed by atoms with Crippen molar-refractivity contribution in [1.29, 1.82) is 0 Å². The van der Waals surface area contributed by atoms with Crippen LogP contribution >= 0.6 is 0 Å². The molecule has 1 aliphatic rings. The van der Waals surface area contributed by atoms with Crippen LogP contribution in [0.2, 0.25) is 0 Å². The van der Waals surface area contributed by atoms with E-state index in [0.717, 1.165) is 11.1 Å². The van der Waals surface area contributed by atoms with Gasteiger partial charge in [-0.2, -0.15) is 0 Å². The first-order valence-electron chi connectivity index (χ1n) is 9.53. The van der Waals surface area contributed by atoms with E-state index < -0.39 is 12.2 Å². The molecule has 0 radical (unpaired) electrons. The van der Waals surface area contributed by atoms with Crippen LogP contribution in [0.1, 0.15) is 35.0 Å². The van der Waals surface area contributed by atoms with E-state index in [1.807, 2.05) is 31.2 Å². The number of nitrogens with zero attached hydrogens (tertiary/aromatic N) is 4. The lowest BCUT2D eigenvalue weighted by Crippen LogP contribution is -2.47. The van der Waals surface area contributed by atoms with Crippen LogP contribution in [0.5, 0.6) is 5.88 Å². The average molecular weight is 423 g/mol. The molecule has 1 aliphatic heterocycles. The highest BCUT2D eigenvalue weighted by Gasteiger charge is 2.36. The summed E-state index contributed by atoms with van der Waals surface area (Å²) in [5.41, 5.74) is 6.84. The monoisotopic (exact) mass is 423 g/mol. The largest absolute Gasteiger partial charge is 0.463 e. The zero-order valence-electron chi connectivity index (χ0n) is 17.3. The first-order chi connectivity index (χ1) is 14.8. The first kappa shape index (κ1) is 21.9. The molecule has 1 amide bonds. The molecule has 2 heterocycles. The molecule has 0 spiro atoms. The number of amides is 1. The van der Waals surface area contributed by atoms with Crippen LogP contribution in [0.25, 0.3) is 0 Å². The summed E-state index contributed by atoms with van der Waals surface area (Å²) in [4.78, 5) is 38.8. The maximum absolute atomic E-state index is 12.6. The van der Waals surface area contributed by atoms with Gasteiger partial charge in [0.25, 0.3) is 0 Å². The summed E-state index contributed by atoms with van der Waals surface area (Å²) in [6.45, 7) is 1.09. The molecule has 1 unspecified atom stereocenters. The van der Waals surface area contributed by atoms with E-state index in [9.17, 15) is 14.0 Å². The van der Waals surface area contributed by atoms with Crippen molar-refractivity contribution >= 4 is 17.6 Å². The van der Waals surface area contributed by atoms with Gasteiger partial charge in [-0.3, -0.25) is 14.5 Å². The van der Waals surface area contributed by atoms with Gasteiger partial charge in [-0.25, -0.2) is 19.4 Å². The van der Waals surface area contributed by atoms with Gasteiger partial charge in [0.2, 0.25) is 11.8 Å². The summed E-state index contributed by atoms with van der Waals surface area (Å²) in [5.74, 6) is 4.72. The standard InChI is InChI=1S/C22H22FN5O3/c1-22(12-20(30)28(2)21(24)27-22)16-7-5-6-15(10-16)11-18(29)17-13-26-19(14-25-17)31-9-4-3-8-23/h5-7,10,13-14H,8-9,11-12H2,1-2H3,(H2,24,27). The van der Waals surface area contributed by atoms with Gasteiger partial charge in [0.05, 0.1) is 24.4 Å². The van der Waals surface area contributed by atoms with Crippen molar-refractivity contribution in [3.8, 4) is 17.7 Å². The lowest BCUT2D eigenvalue weighted by atomic mass is 9.86. The Morgan fingerprint density at radius 3 is 2.81 bits per heavy atom. The zero-order chi connectivity index (χ0) is 22.4. The minimum absolute atomic E-state index is 0.0112. The molecular weight excluding hydrogens is 401 g/mol. The van der Waals surface area contributed by atoms with Crippen molar-refractivity contribution in [2.45, 2.75) is 25.3 Å². The van der Waals surface area contributed by atoms with E-state index in [0.29, 0.717) is 0 Å². The molecule has 160 valence electrons. The predicted molar refractivity (Wildman–Crippen MR) is 112 cm³/mol. The maximum Gasteiger partial charge on any atom is 0.233 e. The highest BCUT2D eigenvalue weighted by atomic mass is 19.1. The maximum atomic E-state index is 12.6. The Hall–Kier alpha value is -3.80. The third kappa shape index (κ3) is 5.22. The van der Waals surface area contributed by atoms with Crippen molar-refractivity contribution in [3.63, 3.8) is 0 Å². The van der Waals surface area contributed by atoms with Gasteiger partial charge in [0.1, 0.15) is 12.4 Å².